The van der Waals surface area contributed by atoms with Gasteiger partial charge in [0, 0.05) is 56.9 Å². The Bertz CT molecular complexity index is 535. The quantitative estimate of drug-likeness (QED) is 0.831. The van der Waals surface area contributed by atoms with Gasteiger partial charge in [-0.25, -0.2) is 0 Å². The Morgan fingerprint density at radius 3 is 2.39 bits per heavy atom. The highest BCUT2D eigenvalue weighted by Crippen LogP contribution is 2.20. The van der Waals surface area contributed by atoms with Crippen molar-refractivity contribution in [2.75, 3.05) is 39.3 Å². The molecule has 128 valence electrons. The van der Waals surface area contributed by atoms with Crippen LogP contribution >= 0.6 is 0 Å². The molecule has 1 aromatic rings. The predicted molar refractivity (Wildman–Crippen MR) is 88.3 cm³/mol. The Hall–Kier alpha value is -1.40. The molecule has 6 heteroatoms. The van der Waals surface area contributed by atoms with Gasteiger partial charge < -0.3 is 9.42 Å². The summed E-state index contributed by atoms with van der Waals surface area (Å²) in [6, 6.07) is 1.17. The van der Waals surface area contributed by atoms with E-state index < -0.39 is 0 Å². The van der Waals surface area contributed by atoms with Crippen LogP contribution in [0.3, 0.4) is 0 Å². The highest BCUT2D eigenvalue weighted by atomic mass is 16.5. The van der Waals surface area contributed by atoms with Crippen LogP contribution in [0, 0.1) is 13.8 Å². The van der Waals surface area contributed by atoms with Crippen LogP contribution in [0.25, 0.3) is 0 Å². The van der Waals surface area contributed by atoms with Crippen molar-refractivity contribution >= 4 is 5.91 Å². The van der Waals surface area contributed by atoms with Crippen molar-refractivity contribution in [3.63, 3.8) is 0 Å². The number of carbonyl (C=O) groups excluding carboxylic acids is 1. The third-order valence-electron chi connectivity index (χ3n) is 5.32. The highest BCUT2D eigenvalue weighted by Gasteiger charge is 2.36. The van der Waals surface area contributed by atoms with Crippen molar-refractivity contribution in [1.82, 2.24) is 19.9 Å². The Balaban J connectivity index is 1.45. The minimum absolute atomic E-state index is 0.191. The molecule has 0 N–H and O–H groups in total. The van der Waals surface area contributed by atoms with Crippen molar-refractivity contribution in [3.05, 3.63) is 17.0 Å². The van der Waals surface area contributed by atoms with E-state index in [0.29, 0.717) is 18.5 Å². The van der Waals surface area contributed by atoms with E-state index in [2.05, 4.69) is 28.8 Å². The van der Waals surface area contributed by atoms with Gasteiger partial charge in [0.2, 0.25) is 5.91 Å². The lowest BCUT2D eigenvalue weighted by Gasteiger charge is -2.48. The summed E-state index contributed by atoms with van der Waals surface area (Å²) in [6.45, 7) is 14.5. The second-order valence-corrected chi connectivity index (χ2v) is 7.10. The number of aryl methyl sites for hydroxylation is 2. The third-order valence-corrected chi connectivity index (χ3v) is 5.32. The molecule has 2 aliphatic rings. The second kappa shape index (κ2) is 6.61. The fourth-order valence-corrected chi connectivity index (χ4v) is 3.53. The van der Waals surface area contributed by atoms with Crippen LogP contribution in [-0.2, 0) is 11.2 Å². The lowest BCUT2D eigenvalue weighted by Crippen LogP contribution is -2.64. The number of aromatic nitrogens is 1. The lowest BCUT2D eigenvalue weighted by atomic mass is 10.0. The number of likely N-dealkylation sites (tertiary alicyclic amines) is 1. The minimum atomic E-state index is 0.191. The van der Waals surface area contributed by atoms with Crippen molar-refractivity contribution in [1.29, 1.82) is 0 Å². The number of hydrogen-bond acceptors (Lipinski definition) is 5. The minimum Gasteiger partial charge on any atom is -0.361 e. The van der Waals surface area contributed by atoms with Gasteiger partial charge in [0.1, 0.15) is 5.76 Å². The maximum atomic E-state index is 12.4. The normalized spacial score (nSPS) is 21.0. The highest BCUT2D eigenvalue weighted by molar-refractivity contribution is 5.80. The van der Waals surface area contributed by atoms with Crippen LogP contribution in [-0.4, -0.2) is 77.1 Å². The number of amides is 1. The van der Waals surface area contributed by atoms with E-state index in [0.717, 1.165) is 56.3 Å². The first-order valence-corrected chi connectivity index (χ1v) is 8.63. The Labute approximate surface area is 138 Å². The standard InChI is InChI=1S/C17H28N4O2/c1-12(2)19-5-7-20(8-6-19)15-10-21(11-15)17(22)9-16-13(3)18-23-14(16)4/h12,15H,5-11H2,1-4H3. The Kier molecular flexibility index (Phi) is 4.73. The molecular formula is C17H28N4O2. The molecule has 3 rings (SSSR count). The van der Waals surface area contributed by atoms with E-state index in [1.807, 2.05) is 18.7 Å². The van der Waals surface area contributed by atoms with E-state index in [1.165, 1.54) is 0 Å². The molecule has 23 heavy (non-hydrogen) atoms. The van der Waals surface area contributed by atoms with E-state index in [1.54, 1.807) is 0 Å². The first kappa shape index (κ1) is 16.5. The molecule has 0 radical (unpaired) electrons. The number of rotatable bonds is 4. The molecule has 0 unspecified atom stereocenters. The molecule has 2 aliphatic heterocycles. The summed E-state index contributed by atoms with van der Waals surface area (Å²) in [4.78, 5) is 19.4. The van der Waals surface area contributed by atoms with Crippen LogP contribution in [0.2, 0.25) is 0 Å². The second-order valence-electron chi connectivity index (χ2n) is 7.10. The van der Waals surface area contributed by atoms with Gasteiger partial charge in [0.15, 0.2) is 0 Å². The molecule has 2 saturated heterocycles. The zero-order chi connectivity index (χ0) is 16.6. The average Bonchev–Trinajstić information content (AvgIpc) is 2.78. The van der Waals surface area contributed by atoms with Crippen LogP contribution in [0.15, 0.2) is 4.52 Å². The number of carbonyl (C=O) groups is 1. The van der Waals surface area contributed by atoms with Gasteiger partial charge in [0.25, 0.3) is 0 Å². The number of piperazine rings is 1. The van der Waals surface area contributed by atoms with Gasteiger partial charge in [-0.1, -0.05) is 5.16 Å². The number of nitrogens with zero attached hydrogens (tertiary/aromatic N) is 4. The van der Waals surface area contributed by atoms with Crippen molar-refractivity contribution in [2.45, 2.75) is 46.2 Å². The van der Waals surface area contributed by atoms with Crippen LogP contribution < -0.4 is 0 Å². The van der Waals surface area contributed by atoms with Crippen molar-refractivity contribution in [3.8, 4) is 0 Å². The maximum Gasteiger partial charge on any atom is 0.227 e. The summed E-state index contributed by atoms with van der Waals surface area (Å²) in [5.74, 6) is 0.953. The summed E-state index contributed by atoms with van der Waals surface area (Å²) in [5.41, 5.74) is 1.78. The summed E-state index contributed by atoms with van der Waals surface area (Å²) in [5, 5.41) is 3.92. The largest absolute Gasteiger partial charge is 0.361 e. The molecule has 0 aliphatic carbocycles. The van der Waals surface area contributed by atoms with Crippen LogP contribution in [0.4, 0.5) is 0 Å². The van der Waals surface area contributed by atoms with Gasteiger partial charge in [-0.05, 0) is 27.7 Å². The van der Waals surface area contributed by atoms with E-state index in [9.17, 15) is 4.79 Å². The topological polar surface area (TPSA) is 52.8 Å². The molecule has 0 aromatic carbocycles. The first-order valence-electron chi connectivity index (χ1n) is 8.63. The maximum absolute atomic E-state index is 12.4. The summed E-state index contributed by atoms with van der Waals surface area (Å²) >= 11 is 0. The molecule has 2 fully saturated rings. The summed E-state index contributed by atoms with van der Waals surface area (Å²) < 4.78 is 5.14. The molecule has 0 atom stereocenters. The third kappa shape index (κ3) is 3.43. The Morgan fingerprint density at radius 1 is 1.22 bits per heavy atom. The zero-order valence-electron chi connectivity index (χ0n) is 14.7. The first-order chi connectivity index (χ1) is 11.0. The van der Waals surface area contributed by atoms with Gasteiger partial charge in [-0.3, -0.25) is 14.6 Å². The summed E-state index contributed by atoms with van der Waals surface area (Å²) in [6.07, 6.45) is 0.412. The molecule has 3 heterocycles. The van der Waals surface area contributed by atoms with Gasteiger partial charge in [0.05, 0.1) is 12.1 Å². The monoisotopic (exact) mass is 320 g/mol. The zero-order valence-corrected chi connectivity index (χ0v) is 14.7. The molecule has 1 aromatic heterocycles. The molecule has 0 bridgehead atoms. The molecule has 0 saturated carbocycles. The number of hydrogen-bond donors (Lipinski definition) is 0. The predicted octanol–water partition coefficient (Wildman–Crippen LogP) is 1.07. The lowest BCUT2D eigenvalue weighted by molar-refractivity contribution is -0.138. The van der Waals surface area contributed by atoms with Crippen LogP contribution in [0.5, 0.6) is 0 Å². The molecule has 1 amide bonds. The van der Waals surface area contributed by atoms with Gasteiger partial charge >= 0.3 is 0 Å². The fraction of sp³-hybridized carbons (Fsp3) is 0.765. The average molecular weight is 320 g/mol. The van der Waals surface area contributed by atoms with Crippen LogP contribution in [0.1, 0.15) is 30.9 Å². The SMILES string of the molecule is Cc1noc(C)c1CC(=O)N1CC(N2CCN(C(C)C)CC2)C1. The molecular weight excluding hydrogens is 292 g/mol. The van der Waals surface area contributed by atoms with Crippen molar-refractivity contribution < 1.29 is 9.32 Å². The van der Waals surface area contributed by atoms with E-state index >= 15 is 0 Å². The smallest absolute Gasteiger partial charge is 0.227 e. The van der Waals surface area contributed by atoms with Gasteiger partial charge in [-0.15, -0.1) is 0 Å². The fourth-order valence-electron chi connectivity index (χ4n) is 3.53. The van der Waals surface area contributed by atoms with E-state index in [4.69, 9.17) is 4.52 Å². The van der Waals surface area contributed by atoms with Crippen molar-refractivity contribution in [2.24, 2.45) is 0 Å². The summed E-state index contributed by atoms with van der Waals surface area (Å²) in [7, 11) is 0. The molecule has 6 nitrogen and oxygen atoms in total. The molecule has 0 spiro atoms. The Morgan fingerprint density at radius 2 is 1.87 bits per heavy atom. The van der Waals surface area contributed by atoms with E-state index in [-0.39, 0.29) is 5.91 Å². The van der Waals surface area contributed by atoms with Gasteiger partial charge in [-0.2, -0.15) is 0 Å².